The number of nitrogen functional groups attached to an aromatic ring is 2. The molecule has 4 N–H and O–H groups in total. The molecule has 0 aliphatic heterocycles. The van der Waals surface area contributed by atoms with Crippen molar-refractivity contribution in [3.63, 3.8) is 0 Å². The van der Waals surface area contributed by atoms with E-state index >= 15 is 0 Å². The van der Waals surface area contributed by atoms with Crippen molar-refractivity contribution in [2.45, 2.75) is 39.0 Å². The van der Waals surface area contributed by atoms with Crippen molar-refractivity contribution in [3.8, 4) is 0 Å². The highest BCUT2D eigenvalue weighted by Crippen LogP contribution is 2.16. The highest BCUT2D eigenvalue weighted by molar-refractivity contribution is 5.56. The number of unbranched alkanes of at least 4 members (excludes halogenated alkanes) is 3. The van der Waals surface area contributed by atoms with Crippen LogP contribution in [0.5, 0.6) is 0 Å². The first-order valence-corrected chi connectivity index (χ1v) is 6.45. The number of benzene rings is 1. The summed E-state index contributed by atoms with van der Waals surface area (Å²) in [6.07, 6.45) is 5.85. The lowest BCUT2D eigenvalue weighted by atomic mass is 10.1. The zero-order chi connectivity index (χ0) is 12.5. The van der Waals surface area contributed by atoms with Crippen molar-refractivity contribution in [2.24, 2.45) is 0 Å². The largest absolute Gasteiger partial charge is 0.399 e. The highest BCUT2D eigenvalue weighted by atomic mass is 16.5. The molecule has 3 heteroatoms. The maximum atomic E-state index is 5.87. The van der Waals surface area contributed by atoms with Crippen LogP contribution in [0.15, 0.2) is 18.2 Å². The van der Waals surface area contributed by atoms with E-state index in [0.29, 0.717) is 5.69 Å². The quantitative estimate of drug-likeness (QED) is 0.539. The van der Waals surface area contributed by atoms with Crippen LogP contribution < -0.4 is 11.5 Å². The second kappa shape index (κ2) is 7.96. The third-order valence-electron chi connectivity index (χ3n) is 2.83. The molecular weight excluding hydrogens is 212 g/mol. The number of rotatable bonds is 8. The zero-order valence-corrected chi connectivity index (χ0v) is 10.7. The molecule has 0 saturated carbocycles. The summed E-state index contributed by atoms with van der Waals surface area (Å²) in [5.74, 6) is 0. The Morgan fingerprint density at radius 1 is 1.06 bits per heavy atom. The molecule has 0 amide bonds. The summed E-state index contributed by atoms with van der Waals surface area (Å²) in [4.78, 5) is 0. The molecule has 0 unspecified atom stereocenters. The van der Waals surface area contributed by atoms with Gasteiger partial charge in [0.1, 0.15) is 0 Å². The highest BCUT2D eigenvalue weighted by Gasteiger charge is 1.99. The molecule has 0 atom stereocenters. The van der Waals surface area contributed by atoms with Gasteiger partial charge in [-0.1, -0.05) is 32.3 Å². The Kier molecular flexibility index (Phi) is 6.48. The summed E-state index contributed by atoms with van der Waals surface area (Å²) in [6, 6.07) is 5.66. The molecule has 0 fully saturated rings. The van der Waals surface area contributed by atoms with Gasteiger partial charge in [0.25, 0.3) is 0 Å². The molecule has 3 nitrogen and oxygen atoms in total. The molecule has 0 radical (unpaired) electrons. The van der Waals surface area contributed by atoms with Gasteiger partial charge in [0.2, 0.25) is 0 Å². The number of hydrogen-bond acceptors (Lipinski definition) is 3. The molecule has 0 spiro atoms. The van der Waals surface area contributed by atoms with E-state index in [0.717, 1.165) is 37.3 Å². The minimum absolute atomic E-state index is 0.715. The third kappa shape index (κ3) is 5.59. The lowest BCUT2D eigenvalue weighted by molar-refractivity contribution is 0.133. The Morgan fingerprint density at radius 3 is 2.59 bits per heavy atom. The van der Waals surface area contributed by atoms with Crippen LogP contribution in [0.2, 0.25) is 0 Å². The van der Waals surface area contributed by atoms with E-state index in [9.17, 15) is 0 Å². The van der Waals surface area contributed by atoms with Gasteiger partial charge in [0.15, 0.2) is 0 Å². The van der Waals surface area contributed by atoms with Gasteiger partial charge in [0.05, 0.1) is 6.61 Å². The number of nitrogens with two attached hydrogens (primary N) is 2. The molecule has 0 aliphatic carbocycles. The first kappa shape index (κ1) is 13.8. The van der Waals surface area contributed by atoms with Crippen molar-refractivity contribution >= 4 is 11.4 Å². The molecular formula is C14H24N2O. The first-order chi connectivity index (χ1) is 8.24. The van der Waals surface area contributed by atoms with Crippen LogP contribution in [0.1, 0.15) is 38.2 Å². The fourth-order valence-corrected chi connectivity index (χ4v) is 1.76. The van der Waals surface area contributed by atoms with Gasteiger partial charge in [-0.2, -0.15) is 0 Å². The van der Waals surface area contributed by atoms with Crippen LogP contribution in [0, 0.1) is 0 Å². The fraction of sp³-hybridized carbons (Fsp3) is 0.571. The van der Waals surface area contributed by atoms with Crippen LogP contribution in [0.4, 0.5) is 11.4 Å². The maximum Gasteiger partial charge on any atom is 0.0507 e. The molecule has 0 bridgehead atoms. The Bertz CT molecular complexity index is 326. The van der Waals surface area contributed by atoms with Crippen LogP contribution in [0.25, 0.3) is 0 Å². The first-order valence-electron chi connectivity index (χ1n) is 6.45. The van der Waals surface area contributed by atoms with E-state index in [4.69, 9.17) is 16.2 Å². The average molecular weight is 236 g/mol. The topological polar surface area (TPSA) is 61.3 Å². The van der Waals surface area contributed by atoms with Crippen LogP contribution in [-0.2, 0) is 11.2 Å². The van der Waals surface area contributed by atoms with E-state index in [1.54, 1.807) is 6.07 Å². The van der Waals surface area contributed by atoms with Gasteiger partial charge in [-0.15, -0.1) is 0 Å². The van der Waals surface area contributed by atoms with Gasteiger partial charge in [0, 0.05) is 18.0 Å². The molecule has 1 aromatic carbocycles. The van der Waals surface area contributed by atoms with E-state index in [1.807, 2.05) is 12.1 Å². The predicted octanol–water partition coefficient (Wildman–Crippen LogP) is 2.99. The van der Waals surface area contributed by atoms with E-state index in [2.05, 4.69) is 6.92 Å². The zero-order valence-electron chi connectivity index (χ0n) is 10.7. The molecule has 96 valence electrons. The molecule has 17 heavy (non-hydrogen) atoms. The predicted molar refractivity (Wildman–Crippen MR) is 73.9 cm³/mol. The van der Waals surface area contributed by atoms with Crippen molar-refractivity contribution < 1.29 is 4.74 Å². The van der Waals surface area contributed by atoms with Crippen molar-refractivity contribution in [3.05, 3.63) is 23.8 Å². The third-order valence-corrected chi connectivity index (χ3v) is 2.83. The Morgan fingerprint density at radius 2 is 1.88 bits per heavy atom. The Hall–Kier alpha value is -1.22. The molecule has 0 heterocycles. The number of ether oxygens (including phenoxy) is 1. The molecule has 1 aromatic rings. The molecule has 0 saturated heterocycles. The summed E-state index contributed by atoms with van der Waals surface area (Å²) < 4.78 is 5.58. The minimum atomic E-state index is 0.715. The normalized spacial score (nSPS) is 10.6. The fourth-order valence-electron chi connectivity index (χ4n) is 1.76. The van der Waals surface area contributed by atoms with Crippen molar-refractivity contribution in [2.75, 3.05) is 24.7 Å². The van der Waals surface area contributed by atoms with Gasteiger partial charge >= 0.3 is 0 Å². The second-order valence-corrected chi connectivity index (χ2v) is 4.38. The molecule has 1 rings (SSSR count). The summed E-state index contributed by atoms with van der Waals surface area (Å²) in [5, 5.41) is 0. The average Bonchev–Trinajstić information content (AvgIpc) is 2.30. The van der Waals surface area contributed by atoms with Gasteiger partial charge in [-0.05, 0) is 30.5 Å². The maximum absolute atomic E-state index is 5.87. The van der Waals surface area contributed by atoms with Crippen molar-refractivity contribution in [1.29, 1.82) is 0 Å². The summed E-state index contributed by atoms with van der Waals surface area (Å²) in [5.41, 5.74) is 14.1. The number of hydrogen-bond donors (Lipinski definition) is 2. The summed E-state index contributed by atoms with van der Waals surface area (Å²) in [6.45, 7) is 3.81. The summed E-state index contributed by atoms with van der Waals surface area (Å²) >= 11 is 0. The van der Waals surface area contributed by atoms with E-state index in [1.165, 1.54) is 19.3 Å². The molecule has 0 aromatic heterocycles. The van der Waals surface area contributed by atoms with Crippen LogP contribution >= 0.6 is 0 Å². The monoisotopic (exact) mass is 236 g/mol. The van der Waals surface area contributed by atoms with E-state index in [-0.39, 0.29) is 0 Å². The van der Waals surface area contributed by atoms with Gasteiger partial charge in [-0.25, -0.2) is 0 Å². The minimum Gasteiger partial charge on any atom is -0.399 e. The van der Waals surface area contributed by atoms with Gasteiger partial charge < -0.3 is 16.2 Å². The smallest absolute Gasteiger partial charge is 0.0507 e. The summed E-state index contributed by atoms with van der Waals surface area (Å²) in [7, 11) is 0. The lowest BCUT2D eigenvalue weighted by Crippen LogP contribution is -2.03. The standard InChI is InChI=1S/C14H24N2O/c1-2-3-4-5-9-17-10-8-12-6-7-13(15)11-14(12)16/h6-7,11H,2-5,8-10,15-16H2,1H3. The molecule has 0 aliphatic rings. The number of anilines is 2. The van der Waals surface area contributed by atoms with E-state index < -0.39 is 0 Å². The Balaban J connectivity index is 2.14. The van der Waals surface area contributed by atoms with Crippen molar-refractivity contribution in [1.82, 2.24) is 0 Å². The van der Waals surface area contributed by atoms with Crippen LogP contribution in [0.3, 0.4) is 0 Å². The Labute approximate surface area is 104 Å². The van der Waals surface area contributed by atoms with Gasteiger partial charge in [-0.3, -0.25) is 0 Å². The van der Waals surface area contributed by atoms with Crippen LogP contribution in [-0.4, -0.2) is 13.2 Å². The second-order valence-electron chi connectivity index (χ2n) is 4.38. The lowest BCUT2D eigenvalue weighted by Gasteiger charge is -2.07. The SMILES string of the molecule is CCCCCCOCCc1ccc(N)cc1N.